The molecule has 0 spiro atoms. The van der Waals surface area contributed by atoms with E-state index >= 15 is 0 Å². The molecule has 0 radical (unpaired) electrons. The molecule has 0 aliphatic carbocycles. The van der Waals surface area contributed by atoms with Gasteiger partial charge < -0.3 is 10.1 Å². The zero-order chi connectivity index (χ0) is 13.8. The molecule has 2 nitrogen and oxygen atoms in total. The Kier molecular flexibility index (Phi) is 4.56. The predicted molar refractivity (Wildman–Crippen MR) is 81.5 cm³/mol. The second-order valence-corrected chi connectivity index (χ2v) is 5.13. The van der Waals surface area contributed by atoms with Crippen molar-refractivity contribution in [3.8, 4) is 5.75 Å². The van der Waals surface area contributed by atoms with Crippen molar-refractivity contribution in [1.82, 2.24) is 0 Å². The van der Waals surface area contributed by atoms with Crippen molar-refractivity contribution in [3.63, 3.8) is 0 Å². The molecule has 0 bridgehead atoms. The number of benzene rings is 2. The summed E-state index contributed by atoms with van der Waals surface area (Å²) in [5, 5.41) is 4.38. The van der Waals surface area contributed by atoms with Crippen molar-refractivity contribution in [2.45, 2.75) is 13.5 Å². The first-order valence-electron chi connectivity index (χ1n) is 5.92. The number of hydrogen-bond donors (Lipinski definition) is 1. The second-order valence-electron chi connectivity index (χ2n) is 4.32. The number of ether oxygens (including phenoxy) is 1. The number of aryl methyl sites for hydroxylation is 1. The van der Waals surface area contributed by atoms with Crippen LogP contribution in [0.2, 0.25) is 10.0 Å². The number of nitrogens with one attached hydrogen (secondary N) is 1. The Morgan fingerprint density at radius 1 is 1.11 bits per heavy atom. The van der Waals surface area contributed by atoms with Crippen LogP contribution >= 0.6 is 23.2 Å². The van der Waals surface area contributed by atoms with Gasteiger partial charge in [0.05, 0.1) is 17.2 Å². The molecule has 0 amide bonds. The highest BCUT2D eigenvalue weighted by atomic mass is 35.5. The molecular weight excluding hydrogens is 281 g/mol. The van der Waals surface area contributed by atoms with Crippen LogP contribution in [0.3, 0.4) is 0 Å². The first-order chi connectivity index (χ1) is 9.10. The van der Waals surface area contributed by atoms with E-state index in [1.807, 2.05) is 24.3 Å². The Morgan fingerprint density at radius 2 is 1.79 bits per heavy atom. The lowest BCUT2D eigenvalue weighted by molar-refractivity contribution is 0.415. The van der Waals surface area contributed by atoms with Crippen molar-refractivity contribution < 1.29 is 4.74 Å². The molecule has 2 rings (SSSR count). The summed E-state index contributed by atoms with van der Waals surface area (Å²) in [7, 11) is 1.55. The van der Waals surface area contributed by atoms with Gasteiger partial charge in [0.1, 0.15) is 0 Å². The Morgan fingerprint density at radius 3 is 2.37 bits per heavy atom. The van der Waals surface area contributed by atoms with Crippen LogP contribution in [0.4, 0.5) is 5.69 Å². The number of anilines is 1. The van der Waals surface area contributed by atoms with Crippen LogP contribution < -0.4 is 10.1 Å². The highest BCUT2D eigenvalue weighted by Crippen LogP contribution is 2.33. The number of halogens is 2. The fraction of sp³-hybridized carbons (Fsp3) is 0.200. The molecule has 0 saturated heterocycles. The summed E-state index contributed by atoms with van der Waals surface area (Å²) in [5.74, 6) is 0.516. The average Bonchev–Trinajstić information content (AvgIpc) is 2.36. The Balaban J connectivity index is 2.12. The first-order valence-corrected chi connectivity index (χ1v) is 6.68. The van der Waals surface area contributed by atoms with E-state index < -0.39 is 0 Å². The van der Waals surface area contributed by atoms with Gasteiger partial charge in [-0.1, -0.05) is 35.3 Å². The molecule has 19 heavy (non-hydrogen) atoms. The third-order valence-corrected chi connectivity index (χ3v) is 3.34. The maximum absolute atomic E-state index is 6.10. The minimum atomic E-state index is 0.516. The molecule has 100 valence electrons. The van der Waals surface area contributed by atoms with Gasteiger partial charge in [-0.2, -0.15) is 0 Å². The molecule has 0 aliphatic rings. The summed E-state index contributed by atoms with van der Waals surface area (Å²) in [6.07, 6.45) is 0. The van der Waals surface area contributed by atoms with Gasteiger partial charge in [-0.25, -0.2) is 0 Å². The summed E-state index contributed by atoms with van der Waals surface area (Å²) < 4.78 is 5.12. The third-order valence-electron chi connectivity index (χ3n) is 2.78. The summed E-state index contributed by atoms with van der Waals surface area (Å²) in [5.41, 5.74) is 3.30. The summed E-state index contributed by atoms with van der Waals surface area (Å²) >= 11 is 12.2. The first kappa shape index (κ1) is 14.0. The smallest absolute Gasteiger partial charge is 0.156 e. The predicted octanol–water partition coefficient (Wildman–Crippen LogP) is 4.92. The SMILES string of the molecule is COc1c(Cl)cc(CNc2cccc(C)c2)cc1Cl. The van der Waals surface area contributed by atoms with E-state index in [0.29, 0.717) is 22.3 Å². The highest BCUT2D eigenvalue weighted by molar-refractivity contribution is 6.37. The van der Waals surface area contributed by atoms with Gasteiger partial charge in [0.15, 0.2) is 5.75 Å². The Bertz CT molecular complexity index is 561. The molecular formula is C15H15Cl2NO. The van der Waals surface area contributed by atoms with E-state index in [0.717, 1.165) is 11.3 Å². The molecule has 0 aliphatic heterocycles. The van der Waals surface area contributed by atoms with Gasteiger partial charge in [-0.05, 0) is 42.3 Å². The minimum Gasteiger partial charge on any atom is -0.494 e. The zero-order valence-corrected chi connectivity index (χ0v) is 12.3. The van der Waals surface area contributed by atoms with Crippen molar-refractivity contribution in [2.24, 2.45) is 0 Å². The molecule has 2 aromatic carbocycles. The van der Waals surface area contributed by atoms with Gasteiger partial charge in [0.2, 0.25) is 0 Å². The molecule has 2 aromatic rings. The normalized spacial score (nSPS) is 10.3. The van der Waals surface area contributed by atoms with E-state index in [4.69, 9.17) is 27.9 Å². The maximum atomic E-state index is 6.10. The van der Waals surface area contributed by atoms with Crippen LogP contribution in [-0.4, -0.2) is 7.11 Å². The van der Waals surface area contributed by atoms with Crippen molar-refractivity contribution in [2.75, 3.05) is 12.4 Å². The molecule has 0 aromatic heterocycles. The zero-order valence-electron chi connectivity index (χ0n) is 10.8. The molecule has 0 heterocycles. The third kappa shape index (κ3) is 3.55. The minimum absolute atomic E-state index is 0.516. The van der Waals surface area contributed by atoms with Crippen LogP contribution in [-0.2, 0) is 6.54 Å². The molecule has 0 saturated carbocycles. The lowest BCUT2D eigenvalue weighted by Crippen LogP contribution is -2.00. The van der Waals surface area contributed by atoms with E-state index in [9.17, 15) is 0 Å². The number of methoxy groups -OCH3 is 1. The van der Waals surface area contributed by atoms with Gasteiger partial charge in [0.25, 0.3) is 0 Å². The van der Waals surface area contributed by atoms with Gasteiger partial charge in [0, 0.05) is 12.2 Å². The van der Waals surface area contributed by atoms with E-state index in [1.165, 1.54) is 5.56 Å². The summed E-state index contributed by atoms with van der Waals surface area (Å²) in [6.45, 7) is 2.72. The highest BCUT2D eigenvalue weighted by Gasteiger charge is 2.08. The molecule has 4 heteroatoms. The van der Waals surface area contributed by atoms with Gasteiger partial charge in [-0.3, -0.25) is 0 Å². The molecule has 0 atom stereocenters. The van der Waals surface area contributed by atoms with Crippen molar-refractivity contribution in [3.05, 3.63) is 57.6 Å². The lowest BCUT2D eigenvalue weighted by Gasteiger charge is -2.11. The molecule has 0 fully saturated rings. The van der Waals surface area contributed by atoms with E-state index in [1.54, 1.807) is 7.11 Å². The van der Waals surface area contributed by atoms with Crippen molar-refractivity contribution >= 4 is 28.9 Å². The standard InChI is InChI=1S/C15H15Cl2NO/c1-10-4-3-5-12(6-10)18-9-11-7-13(16)15(19-2)14(17)8-11/h3-8,18H,9H2,1-2H3. The van der Waals surface area contributed by atoms with Crippen LogP contribution in [0.1, 0.15) is 11.1 Å². The largest absolute Gasteiger partial charge is 0.494 e. The van der Waals surface area contributed by atoms with Crippen molar-refractivity contribution in [1.29, 1.82) is 0 Å². The number of rotatable bonds is 4. The van der Waals surface area contributed by atoms with E-state index in [2.05, 4.69) is 24.4 Å². The quantitative estimate of drug-likeness (QED) is 0.864. The lowest BCUT2D eigenvalue weighted by atomic mass is 10.2. The fourth-order valence-electron chi connectivity index (χ4n) is 1.87. The summed E-state index contributed by atoms with van der Waals surface area (Å²) in [6, 6.07) is 11.9. The van der Waals surface area contributed by atoms with Crippen LogP contribution in [0.5, 0.6) is 5.75 Å². The fourth-order valence-corrected chi connectivity index (χ4v) is 2.56. The Labute approximate surface area is 123 Å². The Hall–Kier alpha value is -1.38. The second kappa shape index (κ2) is 6.18. The monoisotopic (exact) mass is 295 g/mol. The topological polar surface area (TPSA) is 21.3 Å². The van der Waals surface area contributed by atoms with Crippen LogP contribution in [0.25, 0.3) is 0 Å². The summed E-state index contributed by atoms with van der Waals surface area (Å²) in [4.78, 5) is 0. The van der Waals surface area contributed by atoms with E-state index in [-0.39, 0.29) is 0 Å². The molecule has 1 N–H and O–H groups in total. The average molecular weight is 296 g/mol. The maximum Gasteiger partial charge on any atom is 0.156 e. The van der Waals surface area contributed by atoms with Gasteiger partial charge in [-0.15, -0.1) is 0 Å². The molecule has 0 unspecified atom stereocenters. The van der Waals surface area contributed by atoms with Crippen LogP contribution in [0, 0.1) is 6.92 Å². The van der Waals surface area contributed by atoms with Gasteiger partial charge >= 0.3 is 0 Å². The van der Waals surface area contributed by atoms with Crippen LogP contribution in [0.15, 0.2) is 36.4 Å². The number of hydrogen-bond acceptors (Lipinski definition) is 2.